The van der Waals surface area contributed by atoms with Gasteiger partial charge in [-0.3, -0.25) is 4.21 Å². The summed E-state index contributed by atoms with van der Waals surface area (Å²) in [4.78, 5) is 0. The first-order chi connectivity index (χ1) is 4.16. The molecule has 0 aromatic rings. The lowest BCUT2D eigenvalue weighted by molar-refractivity contribution is 0.531. The predicted molar refractivity (Wildman–Crippen MR) is 36.4 cm³/mol. The third-order valence-electron chi connectivity index (χ3n) is 1.00. The fourth-order valence-corrected chi connectivity index (χ4v) is 0.902. The molecule has 0 rings (SSSR count). The highest BCUT2D eigenvalue weighted by Gasteiger charge is 1.94. The van der Waals surface area contributed by atoms with Crippen LogP contribution in [0.25, 0.3) is 0 Å². The van der Waals surface area contributed by atoms with Crippen LogP contribution in [0, 0.1) is 18.3 Å². The minimum absolute atomic E-state index is 0.0721. The van der Waals surface area contributed by atoms with Gasteiger partial charge < -0.3 is 4.55 Å². The summed E-state index contributed by atoms with van der Waals surface area (Å²) in [6.45, 7) is 1.83. The minimum Gasteiger partial charge on any atom is -0.772 e. The molecule has 0 amide bonds. The van der Waals surface area contributed by atoms with Crippen molar-refractivity contribution in [1.29, 1.82) is 0 Å². The van der Waals surface area contributed by atoms with Gasteiger partial charge in [-0.05, 0) is 6.42 Å². The molecular formula is C6H9O2S-. The molecule has 0 spiro atoms. The molecule has 52 valence electrons. The van der Waals surface area contributed by atoms with Crippen LogP contribution in [0.5, 0.6) is 0 Å². The highest BCUT2D eigenvalue weighted by atomic mass is 32.2. The van der Waals surface area contributed by atoms with Gasteiger partial charge in [0.2, 0.25) is 0 Å². The third-order valence-corrected chi connectivity index (χ3v) is 1.57. The lowest BCUT2D eigenvalue weighted by atomic mass is 10.1. The van der Waals surface area contributed by atoms with E-state index >= 15 is 0 Å². The van der Waals surface area contributed by atoms with Gasteiger partial charge in [0, 0.05) is 11.7 Å². The molecule has 2 atom stereocenters. The van der Waals surface area contributed by atoms with E-state index in [-0.39, 0.29) is 11.7 Å². The molecule has 2 unspecified atom stereocenters. The Morgan fingerprint density at radius 2 is 2.44 bits per heavy atom. The maximum atomic E-state index is 9.95. The average molecular weight is 145 g/mol. The van der Waals surface area contributed by atoms with Crippen LogP contribution < -0.4 is 0 Å². The van der Waals surface area contributed by atoms with Gasteiger partial charge in [0.15, 0.2) is 0 Å². The van der Waals surface area contributed by atoms with Crippen LogP contribution in [0.15, 0.2) is 0 Å². The zero-order valence-electron chi connectivity index (χ0n) is 5.29. The van der Waals surface area contributed by atoms with Gasteiger partial charge >= 0.3 is 0 Å². The molecular weight excluding hydrogens is 136 g/mol. The van der Waals surface area contributed by atoms with Crippen molar-refractivity contribution in [2.45, 2.75) is 13.3 Å². The summed E-state index contributed by atoms with van der Waals surface area (Å²) in [5.74, 6) is 2.69. The maximum Gasteiger partial charge on any atom is 0.0180 e. The van der Waals surface area contributed by atoms with Crippen molar-refractivity contribution >= 4 is 11.1 Å². The number of rotatable bonds is 3. The van der Waals surface area contributed by atoms with Gasteiger partial charge in [-0.25, -0.2) is 0 Å². The Kier molecular flexibility index (Phi) is 4.37. The molecule has 0 saturated heterocycles. The van der Waals surface area contributed by atoms with Crippen molar-refractivity contribution in [2.24, 2.45) is 5.92 Å². The topological polar surface area (TPSA) is 40.1 Å². The molecule has 0 bridgehead atoms. The van der Waals surface area contributed by atoms with Crippen molar-refractivity contribution in [3.05, 3.63) is 0 Å². The summed E-state index contributed by atoms with van der Waals surface area (Å²) in [7, 11) is 0. The van der Waals surface area contributed by atoms with Gasteiger partial charge in [0.25, 0.3) is 0 Å². The summed E-state index contributed by atoms with van der Waals surface area (Å²) < 4.78 is 19.9. The molecule has 0 aliphatic carbocycles. The summed E-state index contributed by atoms with van der Waals surface area (Å²) in [6, 6.07) is 0. The Balaban J connectivity index is 3.30. The van der Waals surface area contributed by atoms with Crippen LogP contribution in [0.3, 0.4) is 0 Å². The molecule has 0 aliphatic heterocycles. The first-order valence-electron chi connectivity index (χ1n) is 2.68. The van der Waals surface area contributed by atoms with E-state index < -0.39 is 11.1 Å². The minimum atomic E-state index is -1.93. The molecule has 2 nitrogen and oxygen atoms in total. The molecule has 0 aliphatic rings. The van der Waals surface area contributed by atoms with E-state index in [1.807, 2.05) is 6.92 Å². The van der Waals surface area contributed by atoms with Gasteiger partial charge in [0.1, 0.15) is 0 Å². The van der Waals surface area contributed by atoms with Crippen molar-refractivity contribution in [3.8, 4) is 12.3 Å². The van der Waals surface area contributed by atoms with E-state index in [1.54, 1.807) is 0 Å². The number of hydrogen-bond acceptors (Lipinski definition) is 2. The summed E-state index contributed by atoms with van der Waals surface area (Å²) in [5.41, 5.74) is 0. The SMILES string of the molecule is C#CC(C)CCS(=O)[O-]. The molecule has 0 saturated carbocycles. The summed E-state index contributed by atoms with van der Waals surface area (Å²) >= 11 is -1.93. The fourth-order valence-electron chi connectivity index (χ4n) is 0.356. The van der Waals surface area contributed by atoms with Crippen molar-refractivity contribution < 1.29 is 8.76 Å². The average Bonchev–Trinajstić information content (AvgIpc) is 1.83. The predicted octanol–water partition coefficient (Wildman–Crippen LogP) is 0.525. The lowest BCUT2D eigenvalue weighted by Gasteiger charge is -2.05. The van der Waals surface area contributed by atoms with E-state index in [0.717, 1.165) is 0 Å². The Hall–Kier alpha value is -0.330. The van der Waals surface area contributed by atoms with Gasteiger partial charge in [-0.1, -0.05) is 18.0 Å². The lowest BCUT2D eigenvalue weighted by Crippen LogP contribution is -2.00. The number of hydrogen-bond donors (Lipinski definition) is 0. The van der Waals surface area contributed by atoms with Crippen molar-refractivity contribution in [2.75, 3.05) is 5.75 Å². The standard InChI is InChI=1S/C6H10O2S/c1-3-6(2)4-5-9(7)8/h1,6H,4-5H2,2H3,(H,7,8)/p-1. The Labute approximate surface area is 57.9 Å². The van der Waals surface area contributed by atoms with E-state index in [0.29, 0.717) is 6.42 Å². The first kappa shape index (κ1) is 8.67. The molecule has 0 aromatic heterocycles. The van der Waals surface area contributed by atoms with E-state index in [9.17, 15) is 8.76 Å². The monoisotopic (exact) mass is 145 g/mol. The third kappa shape index (κ3) is 5.54. The molecule has 0 heterocycles. The van der Waals surface area contributed by atoms with Crippen LogP contribution in [0.1, 0.15) is 13.3 Å². The van der Waals surface area contributed by atoms with E-state index in [1.165, 1.54) is 0 Å². The van der Waals surface area contributed by atoms with Gasteiger partial charge in [-0.2, -0.15) is 0 Å². The van der Waals surface area contributed by atoms with Crippen molar-refractivity contribution in [1.82, 2.24) is 0 Å². The second-order valence-electron chi connectivity index (χ2n) is 1.86. The maximum absolute atomic E-state index is 9.95. The molecule has 0 fully saturated rings. The zero-order valence-corrected chi connectivity index (χ0v) is 6.11. The van der Waals surface area contributed by atoms with Crippen LogP contribution in [0.2, 0.25) is 0 Å². The quantitative estimate of drug-likeness (QED) is 0.429. The molecule has 9 heavy (non-hydrogen) atoms. The Morgan fingerprint density at radius 3 is 2.78 bits per heavy atom. The Bertz CT molecular complexity index is 136. The first-order valence-corrected chi connectivity index (χ1v) is 3.93. The van der Waals surface area contributed by atoms with Crippen molar-refractivity contribution in [3.63, 3.8) is 0 Å². The fraction of sp³-hybridized carbons (Fsp3) is 0.667. The van der Waals surface area contributed by atoms with Gasteiger partial charge in [0.05, 0.1) is 0 Å². The van der Waals surface area contributed by atoms with Crippen LogP contribution in [-0.4, -0.2) is 14.5 Å². The molecule has 3 heteroatoms. The molecule has 0 aromatic carbocycles. The Morgan fingerprint density at radius 1 is 1.89 bits per heavy atom. The van der Waals surface area contributed by atoms with Crippen LogP contribution in [-0.2, 0) is 11.1 Å². The number of terminal acetylenes is 1. The summed E-state index contributed by atoms with van der Waals surface area (Å²) in [6.07, 6.45) is 5.57. The highest BCUT2D eigenvalue weighted by molar-refractivity contribution is 7.79. The molecule has 0 radical (unpaired) electrons. The van der Waals surface area contributed by atoms with Gasteiger partial charge in [-0.15, -0.1) is 12.3 Å². The molecule has 0 N–H and O–H groups in total. The van der Waals surface area contributed by atoms with Crippen LogP contribution in [0.4, 0.5) is 0 Å². The second-order valence-corrected chi connectivity index (χ2v) is 2.88. The second kappa shape index (κ2) is 4.54. The summed E-state index contributed by atoms with van der Waals surface area (Å²) in [5, 5.41) is 0. The smallest absolute Gasteiger partial charge is 0.0180 e. The van der Waals surface area contributed by atoms with Crippen LogP contribution >= 0.6 is 0 Å². The van der Waals surface area contributed by atoms with E-state index in [2.05, 4.69) is 5.92 Å². The zero-order chi connectivity index (χ0) is 7.28. The normalized spacial score (nSPS) is 16.1. The highest BCUT2D eigenvalue weighted by Crippen LogP contribution is 1.98. The van der Waals surface area contributed by atoms with E-state index in [4.69, 9.17) is 6.42 Å². The largest absolute Gasteiger partial charge is 0.772 e.